The largest absolute Gasteiger partial charge is 0.476 e. The lowest BCUT2D eigenvalue weighted by Crippen LogP contribution is -2.05. The third-order valence-corrected chi connectivity index (χ3v) is 18.9. The number of halogens is 10. The van der Waals surface area contributed by atoms with Crippen molar-refractivity contribution in [2.45, 2.75) is 32.7 Å². The van der Waals surface area contributed by atoms with E-state index in [2.05, 4.69) is 25.5 Å². The molecule has 530 valence electrons. The van der Waals surface area contributed by atoms with E-state index in [4.69, 9.17) is 116 Å². The SMILES string of the molecule is O=C(O)c1nn(Cc2ccc(Cl)cc2Cl)c2ccccc12.O=C(O)c1nn(Cc2ccc(Cl)cc2Cl)c2ccccc12.O=C(O)c1nn(Cc2ccc(Cl)cc2Cl)c2ccccc12.O=C(O)c1nn(Cc2ccc(Cl)cc2Cl)c2ccccc12.O=C(O)c1nn(Cc2ccc(Cl)cc2Cl)c2ccccc12. The molecule has 0 aliphatic heterocycles. The van der Waals surface area contributed by atoms with E-state index in [0.29, 0.717) is 110 Å². The highest BCUT2D eigenvalue weighted by Gasteiger charge is 2.22. The minimum atomic E-state index is -1.05. The first-order valence-corrected chi connectivity index (χ1v) is 34.7. The molecule has 10 aromatic carbocycles. The van der Waals surface area contributed by atoms with E-state index >= 15 is 0 Å². The first-order valence-electron chi connectivity index (χ1n) is 30.9. The van der Waals surface area contributed by atoms with Gasteiger partial charge in [0, 0.05) is 77.2 Å². The number of benzene rings is 10. The van der Waals surface area contributed by atoms with Crippen molar-refractivity contribution in [1.29, 1.82) is 0 Å². The standard InChI is InChI=1S/5C15H10Cl2N2O2/c5*16-10-6-5-9(12(17)7-10)8-19-13-4-2-1-3-11(13)14(18-19)15(20)21/h5*1-7H,8H2,(H,20,21). The van der Waals surface area contributed by atoms with Gasteiger partial charge in [-0.05, 0) is 119 Å². The molecule has 105 heavy (non-hydrogen) atoms. The highest BCUT2D eigenvalue weighted by atomic mass is 35.5. The summed E-state index contributed by atoms with van der Waals surface area (Å²) >= 11 is 60.2. The third kappa shape index (κ3) is 18.0. The van der Waals surface area contributed by atoms with Gasteiger partial charge in [0.2, 0.25) is 0 Å². The molecule has 0 fully saturated rings. The molecular weight excluding hydrogens is 1560 g/mol. The molecule has 0 bridgehead atoms. The molecule has 15 aromatic rings. The van der Waals surface area contributed by atoms with E-state index in [1.165, 1.54) is 0 Å². The van der Waals surface area contributed by atoms with Crippen molar-refractivity contribution in [1.82, 2.24) is 48.9 Å². The Hall–Kier alpha value is -10.2. The molecule has 5 heterocycles. The van der Waals surface area contributed by atoms with E-state index in [1.54, 1.807) is 145 Å². The fraction of sp³-hybridized carbons (Fsp3) is 0.0667. The van der Waals surface area contributed by atoms with E-state index in [9.17, 15) is 49.5 Å². The summed E-state index contributed by atoms with van der Waals surface area (Å²) in [4.78, 5) is 56.4. The predicted octanol–water partition coefficient (Wildman–Crippen LogP) is 20.4. The number of hydrogen-bond acceptors (Lipinski definition) is 10. The van der Waals surface area contributed by atoms with Crippen LogP contribution >= 0.6 is 116 Å². The van der Waals surface area contributed by atoms with E-state index in [0.717, 1.165) is 55.4 Å². The second-order valence-electron chi connectivity index (χ2n) is 22.8. The molecule has 0 saturated carbocycles. The van der Waals surface area contributed by atoms with Gasteiger partial charge in [-0.25, -0.2) is 24.0 Å². The molecule has 0 amide bonds. The van der Waals surface area contributed by atoms with Crippen LogP contribution in [0.15, 0.2) is 212 Å². The molecule has 0 spiro atoms. The normalized spacial score (nSPS) is 11.0. The van der Waals surface area contributed by atoms with Crippen LogP contribution in [0.25, 0.3) is 54.5 Å². The van der Waals surface area contributed by atoms with Crippen molar-refractivity contribution >= 4 is 200 Å². The quantitative estimate of drug-likeness (QED) is 0.0638. The number of aromatic nitrogens is 10. The van der Waals surface area contributed by atoms with Crippen LogP contribution in [0.5, 0.6) is 0 Å². The van der Waals surface area contributed by atoms with Crippen molar-refractivity contribution in [3.63, 3.8) is 0 Å². The van der Waals surface area contributed by atoms with Crippen LogP contribution in [0.4, 0.5) is 0 Å². The van der Waals surface area contributed by atoms with Gasteiger partial charge in [0.1, 0.15) is 0 Å². The molecular formula is C75H50Cl10N10O10. The molecule has 5 aromatic heterocycles. The van der Waals surface area contributed by atoms with Gasteiger partial charge in [-0.3, -0.25) is 23.4 Å². The molecule has 15 rings (SSSR count). The van der Waals surface area contributed by atoms with E-state index < -0.39 is 29.8 Å². The molecule has 0 radical (unpaired) electrons. The molecule has 0 saturated heterocycles. The summed E-state index contributed by atoms with van der Waals surface area (Å²) in [6.07, 6.45) is 0. The highest BCUT2D eigenvalue weighted by molar-refractivity contribution is 6.37. The van der Waals surface area contributed by atoms with Gasteiger partial charge in [0.25, 0.3) is 0 Å². The van der Waals surface area contributed by atoms with Crippen molar-refractivity contribution < 1.29 is 49.5 Å². The van der Waals surface area contributed by atoms with Gasteiger partial charge in [-0.2, -0.15) is 25.5 Å². The smallest absolute Gasteiger partial charge is 0.357 e. The number of fused-ring (bicyclic) bond motifs is 5. The zero-order chi connectivity index (χ0) is 74.9. The zero-order valence-corrected chi connectivity index (χ0v) is 61.3. The summed E-state index contributed by atoms with van der Waals surface area (Å²) in [5.74, 6) is -5.24. The Labute approximate surface area is 645 Å². The monoisotopic (exact) mass is 1600 g/mol. The Morgan fingerprint density at radius 3 is 0.533 bits per heavy atom. The van der Waals surface area contributed by atoms with Crippen molar-refractivity contribution in [2.75, 3.05) is 0 Å². The number of carbonyl (C=O) groups is 5. The second kappa shape index (κ2) is 33.7. The molecule has 30 heteroatoms. The predicted molar refractivity (Wildman–Crippen MR) is 411 cm³/mol. The van der Waals surface area contributed by atoms with E-state index in [1.807, 2.05) is 91.0 Å². The Morgan fingerprint density at radius 2 is 0.390 bits per heavy atom. The second-order valence-corrected chi connectivity index (χ2v) is 27.0. The number of nitrogens with zero attached hydrogens (tertiary/aromatic N) is 10. The maximum Gasteiger partial charge on any atom is 0.357 e. The van der Waals surface area contributed by atoms with Crippen LogP contribution in [0.1, 0.15) is 80.3 Å². The van der Waals surface area contributed by atoms with Gasteiger partial charge >= 0.3 is 29.8 Å². The van der Waals surface area contributed by atoms with Gasteiger partial charge in [0.05, 0.1) is 60.3 Å². The minimum Gasteiger partial charge on any atom is -0.476 e. The van der Waals surface area contributed by atoms with Crippen molar-refractivity contribution in [3.05, 3.63) is 319 Å². The average molecular weight is 1610 g/mol. The van der Waals surface area contributed by atoms with Gasteiger partial charge < -0.3 is 25.5 Å². The minimum absolute atomic E-state index is 0.0377. The number of rotatable bonds is 15. The highest BCUT2D eigenvalue weighted by Crippen LogP contribution is 2.31. The lowest BCUT2D eigenvalue weighted by atomic mass is 10.2. The maximum atomic E-state index is 11.3. The first-order chi connectivity index (χ1) is 50.3. The zero-order valence-electron chi connectivity index (χ0n) is 53.8. The summed E-state index contributed by atoms with van der Waals surface area (Å²) in [6, 6.07) is 62.0. The number of carboxylic acid groups (broad SMARTS) is 5. The lowest BCUT2D eigenvalue weighted by molar-refractivity contribution is 0.0681. The Bertz CT molecular complexity index is 5040. The Morgan fingerprint density at radius 1 is 0.238 bits per heavy atom. The Balaban J connectivity index is 0.000000131. The first kappa shape index (κ1) is 75.9. The van der Waals surface area contributed by atoms with Crippen LogP contribution in [0.3, 0.4) is 0 Å². The number of carboxylic acids is 5. The third-order valence-electron chi connectivity index (χ3n) is 16.0. The summed E-state index contributed by atoms with van der Waals surface area (Å²) in [6.45, 7) is 1.89. The summed E-state index contributed by atoms with van der Waals surface area (Å²) < 4.78 is 8.16. The topological polar surface area (TPSA) is 276 Å². The maximum absolute atomic E-state index is 11.3. The van der Waals surface area contributed by atoms with Crippen LogP contribution in [-0.4, -0.2) is 104 Å². The fourth-order valence-electron chi connectivity index (χ4n) is 11.1. The molecule has 0 unspecified atom stereocenters. The van der Waals surface area contributed by atoms with Crippen LogP contribution in [-0.2, 0) is 32.7 Å². The molecule has 0 atom stereocenters. The molecule has 0 aliphatic rings. The molecule has 0 aliphatic carbocycles. The fourth-order valence-corrected chi connectivity index (χ4v) is 13.4. The van der Waals surface area contributed by atoms with Gasteiger partial charge in [-0.1, -0.05) is 237 Å². The summed E-state index contributed by atoms with van der Waals surface area (Å²) in [5.41, 5.74) is 8.07. The summed E-state index contributed by atoms with van der Waals surface area (Å²) in [7, 11) is 0. The molecule has 5 N–H and O–H groups in total. The van der Waals surface area contributed by atoms with E-state index in [-0.39, 0.29) is 28.5 Å². The van der Waals surface area contributed by atoms with Crippen molar-refractivity contribution in [3.8, 4) is 0 Å². The van der Waals surface area contributed by atoms with Gasteiger partial charge in [-0.15, -0.1) is 0 Å². The number of para-hydroxylation sites is 5. The Kier molecular flexibility index (Phi) is 24.4. The van der Waals surface area contributed by atoms with Crippen LogP contribution in [0, 0.1) is 0 Å². The number of aromatic carboxylic acids is 5. The van der Waals surface area contributed by atoms with Gasteiger partial charge in [0.15, 0.2) is 28.5 Å². The summed E-state index contributed by atoms with van der Waals surface area (Å²) in [5, 5.41) is 75.5. The lowest BCUT2D eigenvalue weighted by Gasteiger charge is -2.06. The van der Waals surface area contributed by atoms with Crippen LogP contribution < -0.4 is 0 Å². The van der Waals surface area contributed by atoms with Crippen LogP contribution in [0.2, 0.25) is 50.2 Å². The molecule has 20 nitrogen and oxygen atoms in total. The number of hydrogen-bond donors (Lipinski definition) is 5. The average Bonchev–Trinajstić information content (AvgIpc) is 1.67. The van der Waals surface area contributed by atoms with Crippen molar-refractivity contribution in [2.24, 2.45) is 0 Å².